The molecule has 0 atom stereocenters. The summed E-state index contributed by atoms with van der Waals surface area (Å²) in [6.45, 7) is 17.3. The summed E-state index contributed by atoms with van der Waals surface area (Å²) in [6, 6.07) is 1.98. The Kier molecular flexibility index (Phi) is 21.9. The zero-order valence-corrected chi connectivity index (χ0v) is 29.8. The summed E-state index contributed by atoms with van der Waals surface area (Å²) in [6.07, 6.45) is 2.11. The van der Waals surface area contributed by atoms with Crippen molar-refractivity contribution in [1.82, 2.24) is 0 Å². The molecule has 0 aromatic carbocycles. The van der Waals surface area contributed by atoms with Crippen LogP contribution in [0.15, 0.2) is 0 Å². The van der Waals surface area contributed by atoms with Gasteiger partial charge < -0.3 is 27.2 Å². The van der Waals surface area contributed by atoms with Crippen LogP contribution in [0, 0.1) is 10.8 Å². The molecule has 0 saturated carbocycles. The highest BCUT2D eigenvalue weighted by molar-refractivity contribution is 7.99. The maximum atomic E-state index is 11.6. The van der Waals surface area contributed by atoms with Crippen molar-refractivity contribution in [2.45, 2.75) is 79.6 Å². The first kappa shape index (κ1) is 40.1. The monoisotopic (exact) mass is 616 g/mol. The molecule has 38 heavy (non-hydrogen) atoms. The molecule has 0 fully saturated rings. The molecule has 8 nitrogen and oxygen atoms in total. The van der Waals surface area contributed by atoms with Crippen LogP contribution in [0.25, 0.3) is 0 Å². The quantitative estimate of drug-likeness (QED) is 0.0904. The van der Waals surface area contributed by atoms with E-state index in [0.29, 0.717) is 13.2 Å². The van der Waals surface area contributed by atoms with Gasteiger partial charge in [0.25, 0.3) is 0 Å². The Bertz CT molecular complexity index is 641. The van der Waals surface area contributed by atoms with E-state index in [0.717, 1.165) is 47.9 Å². The van der Waals surface area contributed by atoms with E-state index in [4.69, 9.17) is 27.2 Å². The Morgan fingerprint density at radius 1 is 0.658 bits per heavy atom. The van der Waals surface area contributed by atoms with E-state index in [9.17, 15) is 9.59 Å². The van der Waals surface area contributed by atoms with Gasteiger partial charge in [0.1, 0.15) is 0 Å². The smallest absolute Gasteiger partial charge is 0.334 e. The van der Waals surface area contributed by atoms with E-state index in [1.54, 1.807) is 37.7 Å². The van der Waals surface area contributed by atoms with Gasteiger partial charge in [-0.25, -0.2) is 0 Å². The number of hydrogen-bond acceptors (Lipinski definition) is 10. The lowest BCUT2D eigenvalue weighted by molar-refractivity contribution is -0.150. The van der Waals surface area contributed by atoms with Crippen molar-refractivity contribution in [2.75, 3.05) is 64.7 Å². The van der Waals surface area contributed by atoms with Gasteiger partial charge in [-0.1, -0.05) is 0 Å². The largest absolute Gasteiger partial charge is 0.469 e. The summed E-state index contributed by atoms with van der Waals surface area (Å²) in [7, 11) is 2.39. The summed E-state index contributed by atoms with van der Waals surface area (Å²) in [5.74, 6) is 3.29. The fourth-order valence-corrected chi connectivity index (χ4v) is 9.96. The van der Waals surface area contributed by atoms with Crippen molar-refractivity contribution < 1.29 is 36.8 Å². The lowest BCUT2D eigenvalue weighted by atomic mass is 9.97. The van der Waals surface area contributed by atoms with Crippen LogP contribution >= 0.6 is 23.5 Å². The molecule has 0 unspecified atom stereocenters. The Balaban J connectivity index is 0. The average molecular weight is 617 g/mol. The van der Waals surface area contributed by atoms with Gasteiger partial charge in [-0.05, 0) is 91.1 Å². The minimum Gasteiger partial charge on any atom is -0.469 e. The Hall–Kier alpha value is -0.0862. The number of esters is 2. The number of carbonyl (C=O) groups is 2. The van der Waals surface area contributed by atoms with Gasteiger partial charge in [0.2, 0.25) is 0 Å². The van der Waals surface area contributed by atoms with Crippen LogP contribution in [0.5, 0.6) is 0 Å². The van der Waals surface area contributed by atoms with E-state index in [-0.39, 0.29) is 11.9 Å². The van der Waals surface area contributed by atoms with Gasteiger partial charge in [-0.15, -0.1) is 0 Å². The number of ether oxygens (including phenoxy) is 2. The molecule has 12 heteroatoms. The molecule has 228 valence electrons. The van der Waals surface area contributed by atoms with Gasteiger partial charge in [-0.3, -0.25) is 9.59 Å². The predicted octanol–water partition coefficient (Wildman–Crippen LogP) is 6.13. The molecule has 0 radical (unpaired) electrons. The van der Waals surface area contributed by atoms with Crippen molar-refractivity contribution in [3.05, 3.63) is 0 Å². The molecule has 0 N–H and O–H groups in total. The van der Waals surface area contributed by atoms with Crippen LogP contribution in [-0.2, 0) is 36.8 Å². The molecule has 0 aromatic heterocycles. The van der Waals surface area contributed by atoms with E-state index in [1.165, 1.54) is 14.2 Å². The summed E-state index contributed by atoms with van der Waals surface area (Å²) < 4.78 is 32.0. The van der Waals surface area contributed by atoms with Gasteiger partial charge in [-0.2, -0.15) is 23.5 Å². The zero-order valence-electron chi connectivity index (χ0n) is 26.2. The second-order valence-electron chi connectivity index (χ2n) is 10.6. The molecular formula is C26H56O8S2Si2. The molecule has 0 aliphatic carbocycles. The van der Waals surface area contributed by atoms with E-state index in [2.05, 4.69) is 13.1 Å². The van der Waals surface area contributed by atoms with E-state index in [1.807, 2.05) is 41.5 Å². The predicted molar refractivity (Wildman–Crippen MR) is 166 cm³/mol. The van der Waals surface area contributed by atoms with Crippen LogP contribution in [0.1, 0.15) is 54.4 Å². The molecule has 0 saturated heterocycles. The van der Waals surface area contributed by atoms with Crippen molar-refractivity contribution >= 4 is 52.6 Å². The fourth-order valence-electron chi connectivity index (χ4n) is 3.40. The third-order valence-electron chi connectivity index (χ3n) is 6.00. The van der Waals surface area contributed by atoms with Crippen LogP contribution < -0.4 is 0 Å². The lowest BCUT2D eigenvalue weighted by Gasteiger charge is -2.26. The fraction of sp³-hybridized carbons (Fsp3) is 0.923. The maximum Gasteiger partial charge on any atom is 0.334 e. The standard InChI is InChI=1S/C14H30O4SSi.C12H26O4SSi/c1-7-17-20(6,18-8-2)11-9-10-19-12-14(3,4)13(15)16-5;1-12(2,11(13)14-3)10-17-8-7-9-18(6,15-4)16-5/h7-12H2,1-6H3;7-10H2,1-6H3. The second kappa shape index (κ2) is 20.7. The molecule has 0 spiro atoms. The van der Waals surface area contributed by atoms with Crippen LogP contribution in [0.3, 0.4) is 0 Å². The molecular weight excluding hydrogens is 561 g/mol. The zero-order chi connectivity index (χ0) is 29.9. The highest BCUT2D eigenvalue weighted by Crippen LogP contribution is 2.26. The van der Waals surface area contributed by atoms with Gasteiger partial charge >= 0.3 is 29.1 Å². The van der Waals surface area contributed by atoms with E-state index >= 15 is 0 Å². The minimum atomic E-state index is -1.98. The molecule has 0 heterocycles. The molecule has 0 bridgehead atoms. The van der Waals surface area contributed by atoms with Gasteiger partial charge in [0, 0.05) is 38.9 Å². The molecule has 0 aliphatic rings. The van der Waals surface area contributed by atoms with E-state index < -0.39 is 28.0 Å². The third-order valence-corrected chi connectivity index (χ3v) is 15.1. The Morgan fingerprint density at radius 2 is 1.00 bits per heavy atom. The number of methoxy groups -OCH3 is 2. The normalized spacial score (nSPS) is 12.5. The number of rotatable bonds is 20. The van der Waals surface area contributed by atoms with Crippen LogP contribution in [-0.4, -0.2) is 93.7 Å². The summed E-state index contributed by atoms with van der Waals surface area (Å²) >= 11 is 3.57. The first-order valence-electron chi connectivity index (χ1n) is 13.3. The molecule has 0 amide bonds. The van der Waals surface area contributed by atoms with Gasteiger partial charge in [0.15, 0.2) is 0 Å². The van der Waals surface area contributed by atoms with Gasteiger partial charge in [0.05, 0.1) is 25.0 Å². The Morgan fingerprint density at radius 3 is 1.29 bits per heavy atom. The highest BCUT2D eigenvalue weighted by atomic mass is 32.2. The Labute approximate surface area is 243 Å². The SMILES string of the molecule is CCO[Si](C)(CCCSCC(C)(C)C(=O)OC)OCC.COC(=O)C(C)(C)CSCCC[Si](C)(OC)OC. The topological polar surface area (TPSA) is 89.5 Å². The van der Waals surface area contributed by atoms with Crippen molar-refractivity contribution in [1.29, 1.82) is 0 Å². The first-order chi connectivity index (χ1) is 17.6. The highest BCUT2D eigenvalue weighted by Gasteiger charge is 2.32. The summed E-state index contributed by atoms with van der Waals surface area (Å²) in [5.41, 5.74) is -0.831. The molecule has 0 aromatic rings. The maximum absolute atomic E-state index is 11.6. The minimum absolute atomic E-state index is 0.146. The van der Waals surface area contributed by atoms with Crippen LogP contribution in [0.4, 0.5) is 0 Å². The van der Waals surface area contributed by atoms with Crippen molar-refractivity contribution in [3.8, 4) is 0 Å². The molecule has 0 rings (SSSR count). The number of carbonyl (C=O) groups excluding carboxylic acids is 2. The third kappa shape index (κ3) is 17.6. The second-order valence-corrected chi connectivity index (χ2v) is 19.7. The number of hydrogen-bond donors (Lipinski definition) is 0. The molecule has 0 aliphatic heterocycles. The van der Waals surface area contributed by atoms with Crippen molar-refractivity contribution in [2.24, 2.45) is 10.8 Å². The summed E-state index contributed by atoms with van der Waals surface area (Å²) in [4.78, 5) is 23.0. The number of thioether (sulfide) groups is 2. The average Bonchev–Trinajstić information content (AvgIpc) is 2.87. The van der Waals surface area contributed by atoms with Crippen LogP contribution in [0.2, 0.25) is 25.2 Å². The lowest BCUT2D eigenvalue weighted by Crippen LogP contribution is -2.38. The van der Waals surface area contributed by atoms with Crippen molar-refractivity contribution in [3.63, 3.8) is 0 Å². The first-order valence-corrected chi connectivity index (χ1v) is 20.7. The summed E-state index contributed by atoms with van der Waals surface area (Å²) in [5, 5.41) is 0.